The average molecular weight is 391 g/mol. The number of rotatable bonds is 6. The van der Waals surface area contributed by atoms with Crippen LogP contribution in [-0.4, -0.2) is 46.5 Å². The van der Waals surface area contributed by atoms with E-state index >= 15 is 0 Å². The van der Waals surface area contributed by atoms with Gasteiger partial charge in [-0.15, -0.1) is 0 Å². The number of nitrogens with one attached hydrogen (secondary N) is 1. The number of hydrogen-bond acceptors (Lipinski definition) is 4. The number of imide groups is 1. The van der Waals surface area contributed by atoms with Gasteiger partial charge in [-0.3, -0.25) is 24.1 Å². The van der Waals surface area contributed by atoms with Crippen LogP contribution < -0.4 is 5.32 Å². The van der Waals surface area contributed by atoms with Gasteiger partial charge in [0.25, 0.3) is 11.8 Å². The largest absolute Gasteiger partial charge is 0.338 e. The second-order valence-electron chi connectivity index (χ2n) is 7.22. The zero-order chi connectivity index (χ0) is 20.4. The highest BCUT2D eigenvalue weighted by atomic mass is 16.2. The lowest BCUT2D eigenvalue weighted by Gasteiger charge is -2.16. The smallest absolute Gasteiger partial charge is 0.261 e. The fourth-order valence-electron chi connectivity index (χ4n) is 3.72. The molecule has 1 fully saturated rings. The molecule has 1 saturated heterocycles. The van der Waals surface area contributed by atoms with Gasteiger partial charge in [-0.1, -0.05) is 24.3 Å². The summed E-state index contributed by atoms with van der Waals surface area (Å²) in [4.78, 5) is 51.8. The summed E-state index contributed by atoms with van der Waals surface area (Å²) in [5.74, 6) is -0.859. The maximum atomic E-state index is 12.4. The number of benzene rings is 2. The fraction of sp³-hybridized carbons (Fsp3) is 0.273. The van der Waals surface area contributed by atoms with Crippen molar-refractivity contribution in [1.29, 1.82) is 0 Å². The first-order chi connectivity index (χ1) is 14.0. The van der Waals surface area contributed by atoms with Crippen LogP contribution in [0.15, 0.2) is 48.5 Å². The second-order valence-corrected chi connectivity index (χ2v) is 7.22. The molecule has 7 nitrogen and oxygen atoms in total. The van der Waals surface area contributed by atoms with Crippen LogP contribution in [-0.2, 0) is 16.1 Å². The van der Waals surface area contributed by atoms with Crippen molar-refractivity contribution in [3.63, 3.8) is 0 Å². The number of nitrogens with zero attached hydrogens (tertiary/aromatic N) is 2. The van der Waals surface area contributed by atoms with Crippen LogP contribution in [0.5, 0.6) is 0 Å². The van der Waals surface area contributed by atoms with Crippen molar-refractivity contribution < 1.29 is 19.2 Å². The van der Waals surface area contributed by atoms with Crippen molar-refractivity contribution in [2.75, 3.05) is 18.4 Å². The standard InChI is InChI=1S/C22H21N3O4/c26-19(10-12-25-21(28)17-7-1-2-8-18(17)22(25)29)23-16-6-3-5-15(13-16)14-24-11-4-9-20(24)27/h1-3,5-8,13H,4,9-12,14H2,(H,23,26). The first-order valence-corrected chi connectivity index (χ1v) is 9.65. The molecule has 2 aliphatic rings. The van der Waals surface area contributed by atoms with Crippen molar-refractivity contribution in [1.82, 2.24) is 9.80 Å². The monoisotopic (exact) mass is 391 g/mol. The zero-order valence-corrected chi connectivity index (χ0v) is 15.9. The van der Waals surface area contributed by atoms with E-state index in [2.05, 4.69) is 5.32 Å². The third-order valence-electron chi connectivity index (χ3n) is 5.20. The fourth-order valence-corrected chi connectivity index (χ4v) is 3.72. The molecule has 148 valence electrons. The number of carbonyl (C=O) groups is 4. The molecule has 0 unspecified atom stereocenters. The number of carbonyl (C=O) groups excluding carboxylic acids is 4. The Kier molecular flexibility index (Phi) is 5.12. The van der Waals surface area contributed by atoms with Crippen LogP contribution in [0.3, 0.4) is 0 Å². The molecule has 1 N–H and O–H groups in total. The van der Waals surface area contributed by atoms with Gasteiger partial charge in [0.15, 0.2) is 0 Å². The van der Waals surface area contributed by atoms with Crippen LogP contribution in [0.2, 0.25) is 0 Å². The van der Waals surface area contributed by atoms with Gasteiger partial charge in [0, 0.05) is 38.2 Å². The Balaban J connectivity index is 1.34. The Hall–Kier alpha value is -3.48. The van der Waals surface area contributed by atoms with E-state index in [1.165, 1.54) is 0 Å². The third-order valence-corrected chi connectivity index (χ3v) is 5.20. The predicted octanol–water partition coefficient (Wildman–Crippen LogP) is 2.43. The molecule has 4 rings (SSSR count). The molecule has 0 aliphatic carbocycles. The molecule has 2 aliphatic heterocycles. The van der Waals surface area contributed by atoms with Crippen LogP contribution >= 0.6 is 0 Å². The minimum Gasteiger partial charge on any atom is -0.338 e. The molecule has 0 spiro atoms. The molecule has 0 saturated carbocycles. The van der Waals surface area contributed by atoms with Crippen LogP contribution in [0.4, 0.5) is 5.69 Å². The summed E-state index contributed by atoms with van der Waals surface area (Å²) in [7, 11) is 0. The number of anilines is 1. The molecular formula is C22H21N3O4. The lowest BCUT2D eigenvalue weighted by molar-refractivity contribution is -0.128. The Labute approximate surface area is 168 Å². The van der Waals surface area contributed by atoms with Gasteiger partial charge < -0.3 is 10.2 Å². The Morgan fingerprint density at radius 2 is 1.69 bits per heavy atom. The number of amides is 4. The highest BCUT2D eigenvalue weighted by Crippen LogP contribution is 2.22. The molecular weight excluding hydrogens is 370 g/mol. The molecule has 29 heavy (non-hydrogen) atoms. The Morgan fingerprint density at radius 1 is 0.966 bits per heavy atom. The van der Waals surface area contributed by atoms with E-state index in [4.69, 9.17) is 0 Å². The lowest BCUT2D eigenvalue weighted by atomic mass is 10.1. The summed E-state index contributed by atoms with van der Waals surface area (Å²) in [6.45, 7) is 1.31. The van der Waals surface area contributed by atoms with Crippen LogP contribution in [0, 0.1) is 0 Å². The average Bonchev–Trinajstić information content (AvgIpc) is 3.22. The van der Waals surface area contributed by atoms with Gasteiger partial charge in [-0.2, -0.15) is 0 Å². The van der Waals surface area contributed by atoms with E-state index in [1.807, 2.05) is 23.1 Å². The normalized spacial score (nSPS) is 15.8. The van der Waals surface area contributed by atoms with Crippen molar-refractivity contribution in [3.8, 4) is 0 Å². The summed E-state index contributed by atoms with van der Waals surface area (Å²) >= 11 is 0. The summed E-state index contributed by atoms with van der Waals surface area (Å²) < 4.78 is 0. The number of fused-ring (bicyclic) bond motifs is 1. The quantitative estimate of drug-likeness (QED) is 0.767. The molecule has 0 atom stereocenters. The first kappa shape index (κ1) is 18.9. The zero-order valence-electron chi connectivity index (χ0n) is 15.9. The van der Waals surface area contributed by atoms with Gasteiger partial charge in [0.05, 0.1) is 11.1 Å². The molecule has 7 heteroatoms. The number of likely N-dealkylation sites (tertiary alicyclic amines) is 1. The molecule has 2 aromatic rings. The molecule has 0 bridgehead atoms. The van der Waals surface area contributed by atoms with Crippen molar-refractivity contribution >= 4 is 29.3 Å². The van der Waals surface area contributed by atoms with Crippen LogP contribution in [0.25, 0.3) is 0 Å². The molecule has 2 aromatic carbocycles. The minimum atomic E-state index is -0.365. The maximum Gasteiger partial charge on any atom is 0.261 e. The summed E-state index contributed by atoms with van der Waals surface area (Å²) in [5.41, 5.74) is 2.32. The van der Waals surface area contributed by atoms with Crippen molar-refractivity contribution in [2.24, 2.45) is 0 Å². The number of hydrogen-bond donors (Lipinski definition) is 1. The van der Waals surface area contributed by atoms with E-state index in [0.29, 0.717) is 29.8 Å². The van der Waals surface area contributed by atoms with E-state index in [1.54, 1.807) is 30.3 Å². The van der Waals surface area contributed by atoms with Crippen molar-refractivity contribution in [2.45, 2.75) is 25.8 Å². The van der Waals surface area contributed by atoms with Gasteiger partial charge >= 0.3 is 0 Å². The van der Waals surface area contributed by atoms with E-state index in [-0.39, 0.29) is 36.6 Å². The highest BCUT2D eigenvalue weighted by molar-refractivity contribution is 6.21. The molecule has 0 radical (unpaired) electrons. The first-order valence-electron chi connectivity index (χ1n) is 9.65. The Bertz CT molecular complexity index is 966. The highest BCUT2D eigenvalue weighted by Gasteiger charge is 2.34. The maximum absolute atomic E-state index is 12.4. The van der Waals surface area contributed by atoms with Gasteiger partial charge in [-0.05, 0) is 36.2 Å². The second kappa shape index (κ2) is 7.87. The van der Waals surface area contributed by atoms with E-state index < -0.39 is 0 Å². The molecule has 4 amide bonds. The van der Waals surface area contributed by atoms with Gasteiger partial charge in [-0.25, -0.2) is 0 Å². The predicted molar refractivity (Wildman–Crippen MR) is 106 cm³/mol. The van der Waals surface area contributed by atoms with Gasteiger partial charge in [0.1, 0.15) is 0 Å². The topological polar surface area (TPSA) is 86.8 Å². The summed E-state index contributed by atoms with van der Waals surface area (Å²) in [6, 6.07) is 14.0. The minimum absolute atomic E-state index is 0.0142. The van der Waals surface area contributed by atoms with Gasteiger partial charge in [0.2, 0.25) is 11.8 Å². The SMILES string of the molecule is O=C(CCN1C(=O)c2ccccc2C1=O)Nc1cccc(CN2CCCC2=O)c1. The van der Waals surface area contributed by atoms with Crippen LogP contribution in [0.1, 0.15) is 45.5 Å². The Morgan fingerprint density at radius 3 is 2.34 bits per heavy atom. The molecule has 0 aromatic heterocycles. The summed E-state index contributed by atoms with van der Waals surface area (Å²) in [6.07, 6.45) is 1.49. The molecule has 2 heterocycles. The summed E-state index contributed by atoms with van der Waals surface area (Å²) in [5, 5.41) is 2.80. The lowest BCUT2D eigenvalue weighted by Crippen LogP contribution is -2.32. The van der Waals surface area contributed by atoms with E-state index in [9.17, 15) is 19.2 Å². The third kappa shape index (κ3) is 3.89. The van der Waals surface area contributed by atoms with Crippen molar-refractivity contribution in [3.05, 3.63) is 65.2 Å². The van der Waals surface area contributed by atoms with E-state index in [0.717, 1.165) is 23.4 Å².